The lowest BCUT2D eigenvalue weighted by Gasteiger charge is -2.06. The molecule has 1 amide bonds. The van der Waals surface area contributed by atoms with Gasteiger partial charge in [0.1, 0.15) is 11.6 Å². The molecule has 0 aromatic heterocycles. The molecule has 0 saturated heterocycles. The lowest BCUT2D eigenvalue weighted by atomic mass is 10.1. The summed E-state index contributed by atoms with van der Waals surface area (Å²) in [5, 5.41) is 12.8. The molecule has 0 aliphatic rings. The van der Waals surface area contributed by atoms with Crippen LogP contribution in [0.4, 0.5) is 20.2 Å². The topological polar surface area (TPSA) is 72.2 Å². The van der Waals surface area contributed by atoms with Crippen molar-refractivity contribution in [2.45, 2.75) is 6.42 Å². The highest BCUT2D eigenvalue weighted by Gasteiger charge is 2.10. The number of amides is 1. The Balaban J connectivity index is 2.02. The summed E-state index contributed by atoms with van der Waals surface area (Å²) < 4.78 is 26.1. The maximum absolute atomic E-state index is 13.4. The molecular formula is C14H10F2N2O3. The second-order valence-electron chi connectivity index (χ2n) is 4.27. The Morgan fingerprint density at radius 1 is 1.14 bits per heavy atom. The minimum atomic E-state index is -0.868. The number of anilines is 1. The number of nitrogens with zero attached hydrogens (tertiary/aromatic N) is 1. The third-order valence-corrected chi connectivity index (χ3v) is 2.72. The van der Waals surface area contributed by atoms with Gasteiger partial charge < -0.3 is 5.32 Å². The van der Waals surface area contributed by atoms with Gasteiger partial charge in [-0.1, -0.05) is 12.1 Å². The number of carbonyl (C=O) groups excluding carboxylic acids is 1. The van der Waals surface area contributed by atoms with Gasteiger partial charge in [-0.3, -0.25) is 14.9 Å². The fourth-order valence-corrected chi connectivity index (χ4v) is 1.71. The molecule has 0 heterocycles. The molecule has 0 fully saturated rings. The van der Waals surface area contributed by atoms with Crippen LogP contribution in [0.2, 0.25) is 0 Å². The van der Waals surface area contributed by atoms with Gasteiger partial charge in [0, 0.05) is 18.2 Å². The van der Waals surface area contributed by atoms with Gasteiger partial charge in [-0.05, 0) is 17.7 Å². The molecule has 0 aliphatic heterocycles. The van der Waals surface area contributed by atoms with Gasteiger partial charge in [-0.15, -0.1) is 0 Å². The van der Waals surface area contributed by atoms with Crippen molar-refractivity contribution < 1.29 is 18.5 Å². The summed E-state index contributed by atoms with van der Waals surface area (Å²) in [6, 6.07) is 8.27. The summed E-state index contributed by atoms with van der Waals surface area (Å²) in [5.41, 5.74) is 0.340. The zero-order valence-electron chi connectivity index (χ0n) is 10.7. The minimum Gasteiger partial charge on any atom is -0.323 e. The molecule has 2 rings (SSSR count). The number of rotatable bonds is 4. The van der Waals surface area contributed by atoms with Crippen molar-refractivity contribution in [3.05, 3.63) is 69.8 Å². The van der Waals surface area contributed by atoms with Crippen molar-refractivity contribution in [2.75, 3.05) is 5.32 Å². The quantitative estimate of drug-likeness (QED) is 0.695. The predicted octanol–water partition coefficient (Wildman–Crippen LogP) is 3.05. The van der Waals surface area contributed by atoms with E-state index in [1.165, 1.54) is 24.3 Å². The fraction of sp³-hybridized carbons (Fsp3) is 0.0714. The van der Waals surface area contributed by atoms with Crippen molar-refractivity contribution in [1.29, 1.82) is 0 Å². The van der Waals surface area contributed by atoms with E-state index in [2.05, 4.69) is 5.32 Å². The standard InChI is InChI=1S/C14H10F2N2O3/c15-10-3-6-13(12(16)8-10)17-14(19)7-9-1-4-11(5-2-9)18(20)21/h1-6,8H,7H2,(H,17,19). The Hall–Kier alpha value is -2.83. The van der Waals surface area contributed by atoms with Crippen LogP contribution >= 0.6 is 0 Å². The number of benzene rings is 2. The van der Waals surface area contributed by atoms with Gasteiger partial charge in [-0.25, -0.2) is 8.78 Å². The van der Waals surface area contributed by atoms with Crippen LogP contribution in [0.5, 0.6) is 0 Å². The van der Waals surface area contributed by atoms with Crippen LogP contribution in [0.1, 0.15) is 5.56 Å². The smallest absolute Gasteiger partial charge is 0.269 e. The van der Waals surface area contributed by atoms with Crippen molar-refractivity contribution in [3.8, 4) is 0 Å². The minimum absolute atomic E-state index is 0.0746. The van der Waals surface area contributed by atoms with Crippen LogP contribution in [-0.2, 0) is 11.2 Å². The first kappa shape index (κ1) is 14.6. The molecule has 21 heavy (non-hydrogen) atoms. The van der Waals surface area contributed by atoms with Crippen LogP contribution in [0.3, 0.4) is 0 Å². The normalized spacial score (nSPS) is 10.2. The largest absolute Gasteiger partial charge is 0.323 e. The molecule has 0 spiro atoms. The molecule has 7 heteroatoms. The molecule has 0 unspecified atom stereocenters. The van der Waals surface area contributed by atoms with E-state index in [0.29, 0.717) is 11.6 Å². The molecule has 0 saturated carbocycles. The Morgan fingerprint density at radius 2 is 1.81 bits per heavy atom. The summed E-state index contributed by atoms with van der Waals surface area (Å²) in [6.07, 6.45) is -0.0746. The predicted molar refractivity (Wildman–Crippen MR) is 71.8 cm³/mol. The second-order valence-corrected chi connectivity index (χ2v) is 4.27. The van der Waals surface area contributed by atoms with E-state index >= 15 is 0 Å². The first-order valence-corrected chi connectivity index (χ1v) is 5.94. The molecule has 108 valence electrons. The Kier molecular flexibility index (Phi) is 4.22. The van der Waals surface area contributed by atoms with Crippen molar-refractivity contribution in [2.24, 2.45) is 0 Å². The maximum Gasteiger partial charge on any atom is 0.269 e. The summed E-state index contributed by atoms with van der Waals surface area (Å²) in [6.45, 7) is 0. The van der Waals surface area contributed by atoms with Crippen molar-refractivity contribution in [3.63, 3.8) is 0 Å². The van der Waals surface area contributed by atoms with Crippen molar-refractivity contribution >= 4 is 17.3 Å². The molecule has 0 aliphatic carbocycles. The van der Waals surface area contributed by atoms with E-state index in [1.807, 2.05) is 0 Å². The summed E-state index contributed by atoms with van der Waals surface area (Å²) in [7, 11) is 0. The zero-order valence-corrected chi connectivity index (χ0v) is 10.7. The summed E-state index contributed by atoms with van der Waals surface area (Å²) in [5.74, 6) is -2.11. The van der Waals surface area contributed by atoms with Crippen LogP contribution in [0.15, 0.2) is 42.5 Å². The van der Waals surface area contributed by atoms with E-state index in [0.717, 1.165) is 12.1 Å². The van der Waals surface area contributed by atoms with Gasteiger partial charge in [0.2, 0.25) is 5.91 Å². The number of halogens is 2. The van der Waals surface area contributed by atoms with Crippen molar-refractivity contribution in [1.82, 2.24) is 0 Å². The number of hydrogen-bond acceptors (Lipinski definition) is 3. The number of carbonyl (C=O) groups is 1. The highest BCUT2D eigenvalue weighted by molar-refractivity contribution is 5.92. The van der Waals surface area contributed by atoms with Crippen LogP contribution in [0, 0.1) is 21.7 Å². The van der Waals surface area contributed by atoms with Gasteiger partial charge in [0.25, 0.3) is 5.69 Å². The average Bonchev–Trinajstić information content (AvgIpc) is 2.42. The Bertz CT molecular complexity index is 687. The lowest BCUT2D eigenvalue weighted by molar-refractivity contribution is -0.384. The number of non-ortho nitro benzene ring substituents is 1. The molecule has 0 bridgehead atoms. The van der Waals surface area contributed by atoms with Gasteiger partial charge in [0.05, 0.1) is 17.0 Å². The highest BCUT2D eigenvalue weighted by Crippen LogP contribution is 2.16. The van der Waals surface area contributed by atoms with E-state index in [-0.39, 0.29) is 17.8 Å². The van der Waals surface area contributed by atoms with Gasteiger partial charge >= 0.3 is 0 Å². The molecule has 0 atom stereocenters. The van der Waals surface area contributed by atoms with Crippen LogP contribution in [-0.4, -0.2) is 10.8 Å². The zero-order chi connectivity index (χ0) is 15.4. The van der Waals surface area contributed by atoms with Gasteiger partial charge in [-0.2, -0.15) is 0 Å². The summed E-state index contributed by atoms with van der Waals surface area (Å²) >= 11 is 0. The first-order chi connectivity index (χ1) is 9.95. The van der Waals surface area contributed by atoms with E-state index in [4.69, 9.17) is 0 Å². The van der Waals surface area contributed by atoms with Gasteiger partial charge in [0.15, 0.2) is 0 Å². The summed E-state index contributed by atoms with van der Waals surface area (Å²) in [4.78, 5) is 21.7. The first-order valence-electron chi connectivity index (χ1n) is 5.94. The molecular weight excluding hydrogens is 282 g/mol. The second kappa shape index (κ2) is 6.08. The number of nitrogens with one attached hydrogen (secondary N) is 1. The molecule has 0 radical (unpaired) electrons. The Labute approximate surface area is 118 Å². The van der Waals surface area contributed by atoms with Crippen LogP contribution in [0.25, 0.3) is 0 Å². The highest BCUT2D eigenvalue weighted by atomic mass is 19.1. The molecule has 1 N–H and O–H groups in total. The molecule has 5 nitrogen and oxygen atoms in total. The van der Waals surface area contributed by atoms with Crippen LogP contribution < -0.4 is 5.32 Å². The lowest BCUT2D eigenvalue weighted by Crippen LogP contribution is -2.15. The monoisotopic (exact) mass is 292 g/mol. The molecule has 2 aromatic carbocycles. The third kappa shape index (κ3) is 3.82. The Morgan fingerprint density at radius 3 is 2.38 bits per heavy atom. The van der Waals surface area contributed by atoms with E-state index in [1.54, 1.807) is 0 Å². The number of hydrogen-bond donors (Lipinski definition) is 1. The third-order valence-electron chi connectivity index (χ3n) is 2.72. The molecule has 2 aromatic rings. The van der Waals surface area contributed by atoms with E-state index < -0.39 is 22.5 Å². The van der Waals surface area contributed by atoms with E-state index in [9.17, 15) is 23.7 Å². The average molecular weight is 292 g/mol. The SMILES string of the molecule is O=C(Cc1ccc([N+](=O)[O-])cc1)Nc1ccc(F)cc1F. The maximum atomic E-state index is 13.4. The number of nitro groups is 1. The number of nitro benzene ring substituents is 1. The fourth-order valence-electron chi connectivity index (χ4n) is 1.71.